The van der Waals surface area contributed by atoms with Gasteiger partial charge in [-0.3, -0.25) is 9.59 Å². The molecule has 0 saturated heterocycles. The second-order valence-corrected chi connectivity index (χ2v) is 6.08. The van der Waals surface area contributed by atoms with Gasteiger partial charge in [-0.1, -0.05) is 12.1 Å². The lowest BCUT2D eigenvalue weighted by Crippen LogP contribution is -2.27. The molecule has 1 amide bonds. The fourth-order valence-electron chi connectivity index (χ4n) is 2.77. The minimum Gasteiger partial charge on any atom is -0.493 e. The third-order valence-corrected chi connectivity index (χ3v) is 4.21. The lowest BCUT2D eigenvalue weighted by Gasteiger charge is -2.11. The third-order valence-electron chi connectivity index (χ3n) is 4.21. The zero-order chi connectivity index (χ0) is 18.9. The van der Waals surface area contributed by atoms with Crippen molar-refractivity contribution < 1.29 is 14.3 Å². The first-order valence-electron chi connectivity index (χ1n) is 8.69. The zero-order valence-electron chi connectivity index (χ0n) is 15.6. The predicted molar refractivity (Wildman–Crippen MR) is 101 cm³/mol. The highest BCUT2D eigenvalue weighted by Crippen LogP contribution is 2.27. The molecular weight excluding hydrogens is 332 g/mol. The van der Waals surface area contributed by atoms with E-state index in [-0.39, 0.29) is 17.9 Å². The Labute approximate surface area is 153 Å². The molecule has 0 spiro atoms. The Bertz CT molecular complexity index is 799. The van der Waals surface area contributed by atoms with E-state index in [1.807, 2.05) is 25.1 Å². The summed E-state index contributed by atoms with van der Waals surface area (Å²) in [6.07, 6.45) is 1.94. The smallest absolute Gasteiger partial charge is 0.250 e. The predicted octanol–water partition coefficient (Wildman–Crippen LogP) is 2.31. The van der Waals surface area contributed by atoms with Crippen LogP contribution in [0.5, 0.6) is 11.5 Å². The fraction of sp³-hybridized carbons (Fsp3) is 0.400. The number of carbonyl (C=O) groups excluding carboxylic acids is 1. The molecule has 1 heterocycles. The minimum atomic E-state index is -0.0368. The molecule has 6 heteroatoms. The number of rotatable bonds is 9. The van der Waals surface area contributed by atoms with Gasteiger partial charge >= 0.3 is 0 Å². The number of aromatic nitrogens is 1. The molecule has 0 atom stereocenters. The molecule has 6 nitrogen and oxygen atoms in total. The molecule has 2 rings (SSSR count). The SMILES string of the molecule is COc1ccc(CC(=O)NCCCCn2c(C)cccc2=O)cc1OC. The van der Waals surface area contributed by atoms with Crippen LogP contribution in [0.4, 0.5) is 0 Å². The lowest BCUT2D eigenvalue weighted by molar-refractivity contribution is -0.120. The van der Waals surface area contributed by atoms with Crippen LogP contribution in [0.2, 0.25) is 0 Å². The number of carbonyl (C=O) groups is 1. The first-order chi connectivity index (χ1) is 12.5. The summed E-state index contributed by atoms with van der Waals surface area (Å²) in [5.74, 6) is 1.22. The van der Waals surface area contributed by atoms with E-state index in [0.29, 0.717) is 24.6 Å². The fourth-order valence-corrected chi connectivity index (χ4v) is 2.77. The molecule has 1 aromatic carbocycles. The van der Waals surface area contributed by atoms with Crippen molar-refractivity contribution in [2.24, 2.45) is 0 Å². The summed E-state index contributed by atoms with van der Waals surface area (Å²) in [6, 6.07) is 10.7. The zero-order valence-corrected chi connectivity index (χ0v) is 15.6. The Morgan fingerprint density at radius 3 is 2.54 bits per heavy atom. The highest BCUT2D eigenvalue weighted by molar-refractivity contribution is 5.78. The molecular formula is C20H26N2O4. The van der Waals surface area contributed by atoms with Gasteiger partial charge in [0.1, 0.15) is 0 Å². The molecule has 1 N–H and O–H groups in total. The van der Waals surface area contributed by atoms with E-state index in [2.05, 4.69) is 5.32 Å². The van der Waals surface area contributed by atoms with Crippen molar-refractivity contribution in [2.75, 3.05) is 20.8 Å². The van der Waals surface area contributed by atoms with Crippen molar-refractivity contribution in [1.82, 2.24) is 9.88 Å². The van der Waals surface area contributed by atoms with Crippen LogP contribution in [0, 0.1) is 6.92 Å². The standard InChI is InChI=1S/C20H26N2O4/c1-15-7-6-8-20(24)22(15)12-5-4-11-21-19(23)14-16-9-10-17(25-2)18(13-16)26-3/h6-10,13H,4-5,11-12,14H2,1-3H3,(H,21,23). The third kappa shape index (κ3) is 5.37. The van der Waals surface area contributed by atoms with Crippen molar-refractivity contribution in [3.8, 4) is 11.5 Å². The van der Waals surface area contributed by atoms with Gasteiger partial charge in [0, 0.05) is 24.8 Å². The Kier molecular flexibility index (Phi) is 7.26. The molecule has 0 aliphatic carbocycles. The molecule has 0 radical (unpaired) electrons. The van der Waals surface area contributed by atoms with E-state index in [1.165, 1.54) is 0 Å². The van der Waals surface area contributed by atoms with Gasteiger partial charge in [-0.25, -0.2) is 0 Å². The Balaban J connectivity index is 1.75. The van der Waals surface area contributed by atoms with E-state index in [1.54, 1.807) is 37.0 Å². The van der Waals surface area contributed by atoms with Crippen molar-refractivity contribution >= 4 is 5.91 Å². The van der Waals surface area contributed by atoms with Crippen LogP contribution < -0.4 is 20.3 Å². The number of nitrogens with one attached hydrogen (secondary N) is 1. The summed E-state index contributed by atoms with van der Waals surface area (Å²) in [5, 5.41) is 2.91. The van der Waals surface area contributed by atoms with E-state index >= 15 is 0 Å². The van der Waals surface area contributed by atoms with Gasteiger partial charge in [-0.2, -0.15) is 0 Å². The maximum Gasteiger partial charge on any atom is 0.250 e. The number of benzene rings is 1. The molecule has 0 fully saturated rings. The number of nitrogens with zero attached hydrogens (tertiary/aromatic N) is 1. The number of pyridine rings is 1. The van der Waals surface area contributed by atoms with Crippen molar-refractivity contribution in [1.29, 1.82) is 0 Å². The van der Waals surface area contributed by atoms with Gasteiger partial charge in [0.25, 0.3) is 5.56 Å². The number of methoxy groups -OCH3 is 2. The number of hydrogen-bond donors (Lipinski definition) is 1. The number of ether oxygens (including phenoxy) is 2. The van der Waals surface area contributed by atoms with Crippen LogP contribution in [0.25, 0.3) is 0 Å². The number of amides is 1. The van der Waals surface area contributed by atoms with Gasteiger partial charge in [-0.15, -0.1) is 0 Å². The largest absolute Gasteiger partial charge is 0.493 e. The number of hydrogen-bond acceptors (Lipinski definition) is 4. The van der Waals surface area contributed by atoms with Gasteiger partial charge < -0.3 is 19.4 Å². The second-order valence-electron chi connectivity index (χ2n) is 6.08. The quantitative estimate of drug-likeness (QED) is 0.699. The van der Waals surface area contributed by atoms with Crippen LogP contribution in [-0.2, 0) is 17.8 Å². The lowest BCUT2D eigenvalue weighted by atomic mass is 10.1. The Morgan fingerprint density at radius 2 is 1.85 bits per heavy atom. The van der Waals surface area contributed by atoms with E-state index < -0.39 is 0 Å². The van der Waals surface area contributed by atoms with Crippen LogP contribution in [0.15, 0.2) is 41.2 Å². The Morgan fingerprint density at radius 1 is 1.08 bits per heavy atom. The van der Waals surface area contributed by atoms with E-state index in [4.69, 9.17) is 9.47 Å². The molecule has 2 aromatic rings. The van der Waals surface area contributed by atoms with Crippen molar-refractivity contribution in [2.45, 2.75) is 32.7 Å². The highest BCUT2D eigenvalue weighted by atomic mass is 16.5. The van der Waals surface area contributed by atoms with E-state index in [9.17, 15) is 9.59 Å². The minimum absolute atomic E-state index is 0.0162. The molecule has 0 aliphatic rings. The van der Waals surface area contributed by atoms with Crippen molar-refractivity contribution in [3.63, 3.8) is 0 Å². The molecule has 1 aromatic heterocycles. The Hall–Kier alpha value is -2.76. The number of unbranched alkanes of at least 4 members (excludes halogenated alkanes) is 1. The molecule has 0 saturated carbocycles. The second kappa shape index (κ2) is 9.65. The average Bonchev–Trinajstić information content (AvgIpc) is 2.63. The summed E-state index contributed by atoms with van der Waals surface area (Å²) in [5.41, 5.74) is 1.84. The average molecular weight is 358 g/mol. The first-order valence-corrected chi connectivity index (χ1v) is 8.69. The topological polar surface area (TPSA) is 69.6 Å². The first kappa shape index (κ1) is 19.6. The summed E-state index contributed by atoms with van der Waals surface area (Å²) in [6.45, 7) is 3.18. The van der Waals surface area contributed by atoms with Gasteiger partial charge in [-0.05, 0) is 43.5 Å². The van der Waals surface area contributed by atoms with Gasteiger partial charge in [0.05, 0.1) is 20.6 Å². The van der Waals surface area contributed by atoms with Crippen LogP contribution in [0.3, 0.4) is 0 Å². The van der Waals surface area contributed by atoms with Crippen LogP contribution in [0.1, 0.15) is 24.1 Å². The summed E-state index contributed by atoms with van der Waals surface area (Å²) < 4.78 is 12.2. The van der Waals surface area contributed by atoms with E-state index in [0.717, 1.165) is 24.1 Å². The summed E-state index contributed by atoms with van der Waals surface area (Å²) in [7, 11) is 3.15. The molecule has 0 bridgehead atoms. The van der Waals surface area contributed by atoms with Crippen molar-refractivity contribution in [3.05, 3.63) is 58.0 Å². The molecule has 0 unspecified atom stereocenters. The molecule has 26 heavy (non-hydrogen) atoms. The maximum atomic E-state index is 12.1. The highest BCUT2D eigenvalue weighted by Gasteiger charge is 2.08. The van der Waals surface area contributed by atoms with Gasteiger partial charge in [0.15, 0.2) is 11.5 Å². The number of aryl methyl sites for hydroxylation is 1. The molecule has 140 valence electrons. The van der Waals surface area contributed by atoms with Crippen LogP contribution >= 0.6 is 0 Å². The summed E-state index contributed by atoms with van der Waals surface area (Å²) in [4.78, 5) is 23.9. The monoisotopic (exact) mass is 358 g/mol. The normalized spacial score (nSPS) is 10.4. The summed E-state index contributed by atoms with van der Waals surface area (Å²) >= 11 is 0. The van der Waals surface area contributed by atoms with Gasteiger partial charge in [0.2, 0.25) is 5.91 Å². The maximum absolute atomic E-state index is 12.1. The molecule has 0 aliphatic heterocycles. The van der Waals surface area contributed by atoms with Crippen LogP contribution in [-0.4, -0.2) is 31.2 Å².